The Morgan fingerprint density at radius 2 is 0.889 bits per heavy atom. The van der Waals surface area contributed by atoms with Gasteiger partial charge in [0.15, 0.2) is 0 Å². The van der Waals surface area contributed by atoms with Crippen LogP contribution in [-0.4, -0.2) is 76.7 Å². The first-order chi connectivity index (χ1) is 17.1. The summed E-state index contributed by atoms with van der Waals surface area (Å²) in [7, 11) is -4.67. The van der Waals surface area contributed by atoms with E-state index in [1.165, 1.54) is 89.9 Å². The lowest BCUT2D eigenvalue weighted by Gasteiger charge is -2.21. The molecule has 9 heteroatoms. The van der Waals surface area contributed by atoms with Crippen LogP contribution in [-0.2, 0) is 10.4 Å². The standard InChI is InChI=1S/C22H47NO2.C5H12O.H2O4S/c1-2-3-4-5-6-7-8-9-10-11-12-13-14-15-18-23(19-16-21-24)20-17-22-25;1-3-4-5(2)6;1-5(2,3)4/h24-25H,2-22H2,1H3;5-6H,3-4H2,1-2H3;(H2,1,2,3,4). The van der Waals surface area contributed by atoms with Crippen molar-refractivity contribution >= 4 is 10.4 Å². The summed E-state index contributed by atoms with van der Waals surface area (Å²) in [4.78, 5) is 2.40. The van der Waals surface area contributed by atoms with Crippen molar-refractivity contribution in [3.8, 4) is 0 Å². The Morgan fingerprint density at radius 1 is 0.583 bits per heavy atom. The Labute approximate surface area is 223 Å². The number of nitrogens with zero attached hydrogens (tertiary/aromatic N) is 1. The molecule has 0 aromatic rings. The third-order valence-electron chi connectivity index (χ3n) is 5.80. The van der Waals surface area contributed by atoms with Crippen molar-refractivity contribution in [3.05, 3.63) is 0 Å². The maximum Gasteiger partial charge on any atom is 0.394 e. The number of aliphatic hydroxyl groups excluding tert-OH is 3. The van der Waals surface area contributed by atoms with Crippen LogP contribution in [0.5, 0.6) is 0 Å². The molecule has 8 nitrogen and oxygen atoms in total. The predicted octanol–water partition coefficient (Wildman–Crippen LogP) is 6.05. The molecule has 0 aliphatic carbocycles. The summed E-state index contributed by atoms with van der Waals surface area (Å²) < 4.78 is 31.6. The molecule has 36 heavy (non-hydrogen) atoms. The van der Waals surface area contributed by atoms with E-state index in [2.05, 4.69) is 18.7 Å². The molecule has 0 spiro atoms. The van der Waals surface area contributed by atoms with Gasteiger partial charge < -0.3 is 20.2 Å². The minimum atomic E-state index is -4.67. The lowest BCUT2D eigenvalue weighted by Crippen LogP contribution is -2.28. The van der Waals surface area contributed by atoms with Crippen LogP contribution < -0.4 is 0 Å². The second-order valence-corrected chi connectivity index (χ2v) is 10.6. The van der Waals surface area contributed by atoms with Gasteiger partial charge in [0.2, 0.25) is 0 Å². The van der Waals surface area contributed by atoms with Crippen LogP contribution in [0.1, 0.15) is 136 Å². The average Bonchev–Trinajstić information content (AvgIpc) is 2.79. The summed E-state index contributed by atoms with van der Waals surface area (Å²) in [5.41, 5.74) is 0. The van der Waals surface area contributed by atoms with Gasteiger partial charge in [-0.3, -0.25) is 9.11 Å². The van der Waals surface area contributed by atoms with E-state index >= 15 is 0 Å². The van der Waals surface area contributed by atoms with Crippen molar-refractivity contribution in [2.75, 3.05) is 32.8 Å². The second kappa shape index (κ2) is 32.7. The van der Waals surface area contributed by atoms with E-state index in [0.29, 0.717) is 0 Å². The van der Waals surface area contributed by atoms with Gasteiger partial charge in [-0.25, -0.2) is 0 Å². The van der Waals surface area contributed by atoms with E-state index in [-0.39, 0.29) is 19.3 Å². The van der Waals surface area contributed by atoms with Crippen LogP contribution in [0.2, 0.25) is 0 Å². The Balaban J connectivity index is -0.000000818. The summed E-state index contributed by atoms with van der Waals surface area (Å²) in [6.07, 6.45) is 23.2. The summed E-state index contributed by atoms with van der Waals surface area (Å²) in [6, 6.07) is 0. The van der Waals surface area contributed by atoms with Crippen LogP contribution in [0, 0.1) is 0 Å². The molecule has 222 valence electrons. The first-order valence-corrected chi connectivity index (χ1v) is 15.8. The Bertz CT molecular complexity index is 475. The number of rotatable bonds is 23. The molecular formula is C27H61NO7S. The smallest absolute Gasteiger partial charge is 0.394 e. The maximum atomic E-state index is 8.96. The van der Waals surface area contributed by atoms with Crippen molar-refractivity contribution in [3.63, 3.8) is 0 Å². The minimum absolute atomic E-state index is 0.102. The van der Waals surface area contributed by atoms with Gasteiger partial charge >= 0.3 is 10.4 Å². The van der Waals surface area contributed by atoms with Crippen LogP contribution in [0.25, 0.3) is 0 Å². The fourth-order valence-electron chi connectivity index (χ4n) is 3.87. The first-order valence-electron chi connectivity index (χ1n) is 14.4. The molecule has 0 rings (SSSR count). The monoisotopic (exact) mass is 543 g/mol. The largest absolute Gasteiger partial charge is 0.396 e. The molecule has 0 saturated carbocycles. The van der Waals surface area contributed by atoms with Crippen molar-refractivity contribution in [2.45, 2.75) is 142 Å². The number of unbranched alkanes of at least 4 members (excludes halogenated alkanes) is 13. The molecule has 1 unspecified atom stereocenters. The van der Waals surface area contributed by atoms with Gasteiger partial charge in [-0.2, -0.15) is 8.42 Å². The number of hydrogen-bond acceptors (Lipinski definition) is 6. The van der Waals surface area contributed by atoms with Gasteiger partial charge in [0.05, 0.1) is 6.10 Å². The average molecular weight is 544 g/mol. The highest BCUT2D eigenvalue weighted by Gasteiger charge is 2.03. The Hall–Kier alpha value is -0.290. The van der Waals surface area contributed by atoms with Crippen molar-refractivity contribution in [1.82, 2.24) is 4.90 Å². The highest BCUT2D eigenvalue weighted by Crippen LogP contribution is 2.13. The highest BCUT2D eigenvalue weighted by atomic mass is 32.3. The molecule has 1 atom stereocenters. The molecule has 0 aliphatic heterocycles. The molecule has 0 bridgehead atoms. The van der Waals surface area contributed by atoms with Crippen LogP contribution in [0.4, 0.5) is 0 Å². The summed E-state index contributed by atoms with van der Waals surface area (Å²) in [5.74, 6) is 0. The summed E-state index contributed by atoms with van der Waals surface area (Å²) in [5, 5.41) is 26.5. The first kappa shape index (κ1) is 40.2. The summed E-state index contributed by atoms with van der Waals surface area (Å²) >= 11 is 0. The highest BCUT2D eigenvalue weighted by molar-refractivity contribution is 7.79. The fourth-order valence-corrected chi connectivity index (χ4v) is 3.87. The summed E-state index contributed by atoms with van der Waals surface area (Å²) in [6.45, 7) is 9.76. The SMILES string of the molecule is CCCC(C)O.CCCCCCCCCCCCCCCCN(CCCO)CCCO.O=S(=O)(O)O. The molecule has 0 aliphatic rings. The lowest BCUT2D eigenvalue weighted by molar-refractivity contribution is 0.183. The van der Waals surface area contributed by atoms with Gasteiger partial charge in [0, 0.05) is 26.3 Å². The van der Waals surface area contributed by atoms with Gasteiger partial charge in [0.1, 0.15) is 0 Å². The van der Waals surface area contributed by atoms with Crippen molar-refractivity contribution in [1.29, 1.82) is 0 Å². The van der Waals surface area contributed by atoms with Crippen molar-refractivity contribution < 1.29 is 32.8 Å². The number of aliphatic hydroxyl groups is 3. The second-order valence-electron chi connectivity index (χ2n) is 9.68. The minimum Gasteiger partial charge on any atom is -0.396 e. The van der Waals surface area contributed by atoms with Gasteiger partial charge in [-0.15, -0.1) is 0 Å². The quantitative estimate of drug-likeness (QED) is 0.0775. The van der Waals surface area contributed by atoms with E-state index in [0.717, 1.165) is 45.3 Å². The Kier molecular flexibility index (Phi) is 36.6. The molecule has 0 aromatic heterocycles. The third-order valence-corrected chi connectivity index (χ3v) is 5.80. The molecule has 0 fully saturated rings. The lowest BCUT2D eigenvalue weighted by atomic mass is 10.0. The predicted molar refractivity (Wildman–Crippen MR) is 151 cm³/mol. The normalized spacial score (nSPS) is 12.0. The molecule has 5 N–H and O–H groups in total. The maximum absolute atomic E-state index is 8.96. The number of hydrogen-bond donors (Lipinski definition) is 5. The molecular weight excluding hydrogens is 482 g/mol. The fraction of sp³-hybridized carbons (Fsp3) is 1.00. The van der Waals surface area contributed by atoms with Crippen LogP contribution in [0.15, 0.2) is 0 Å². The zero-order valence-corrected chi connectivity index (χ0v) is 24.6. The van der Waals surface area contributed by atoms with Crippen molar-refractivity contribution in [2.24, 2.45) is 0 Å². The van der Waals surface area contributed by atoms with Crippen LogP contribution >= 0.6 is 0 Å². The topological polar surface area (TPSA) is 139 Å². The Morgan fingerprint density at radius 3 is 1.14 bits per heavy atom. The molecule has 0 heterocycles. The van der Waals surface area contributed by atoms with E-state index in [9.17, 15) is 0 Å². The van der Waals surface area contributed by atoms with E-state index in [1.54, 1.807) is 0 Å². The molecule has 0 aromatic carbocycles. The third kappa shape index (κ3) is 50.6. The molecule has 0 radical (unpaired) electrons. The zero-order valence-electron chi connectivity index (χ0n) is 23.7. The van der Waals surface area contributed by atoms with Gasteiger partial charge in [-0.05, 0) is 39.2 Å². The van der Waals surface area contributed by atoms with E-state index < -0.39 is 10.4 Å². The van der Waals surface area contributed by atoms with Crippen LogP contribution in [0.3, 0.4) is 0 Å². The van der Waals surface area contributed by atoms with E-state index in [4.69, 9.17) is 32.8 Å². The van der Waals surface area contributed by atoms with Gasteiger partial charge in [0.25, 0.3) is 0 Å². The molecule has 0 amide bonds. The van der Waals surface area contributed by atoms with Gasteiger partial charge in [-0.1, -0.05) is 104 Å². The van der Waals surface area contributed by atoms with E-state index in [1.807, 2.05) is 6.92 Å². The zero-order chi connectivity index (χ0) is 27.9. The molecule has 0 saturated heterocycles.